The highest BCUT2D eigenvalue weighted by molar-refractivity contribution is 7.98. The molecule has 2 nitrogen and oxygen atoms in total. The molecule has 1 aromatic rings. The maximum atomic E-state index is 4.44. The van der Waals surface area contributed by atoms with Gasteiger partial charge in [-0.2, -0.15) is 11.8 Å². The van der Waals surface area contributed by atoms with Gasteiger partial charge in [0, 0.05) is 22.8 Å². The number of aryl methyl sites for hydroxylation is 2. The summed E-state index contributed by atoms with van der Waals surface area (Å²) in [7, 11) is 0. The fourth-order valence-corrected chi connectivity index (χ4v) is 2.62. The first kappa shape index (κ1) is 11.5. The van der Waals surface area contributed by atoms with Crippen LogP contribution in [0.5, 0.6) is 0 Å². The Morgan fingerprint density at radius 2 is 1.93 bits per heavy atom. The molecule has 0 aromatic carbocycles. The molecule has 0 fully saturated rings. The molecule has 0 radical (unpaired) electrons. The minimum atomic E-state index is 0.924. The van der Waals surface area contributed by atoms with Crippen LogP contribution < -0.4 is 0 Å². The highest BCUT2D eigenvalue weighted by Crippen LogP contribution is 2.30. The Kier molecular flexibility index (Phi) is 4.39. The highest BCUT2D eigenvalue weighted by atomic mass is 32.2. The standard InChI is InChI=1S/C9H12N2S.C2H6/c1-3-8-7-4-12-5-9(7)11-6(2)10-8;1-2/h3-5H2,1-2H3;1-2H3. The molecule has 0 saturated heterocycles. The van der Waals surface area contributed by atoms with Crippen LogP contribution in [0, 0.1) is 6.92 Å². The van der Waals surface area contributed by atoms with Crippen molar-refractivity contribution in [2.75, 3.05) is 0 Å². The topological polar surface area (TPSA) is 25.8 Å². The van der Waals surface area contributed by atoms with E-state index in [0.717, 1.165) is 23.8 Å². The Morgan fingerprint density at radius 1 is 1.21 bits per heavy atom. The first-order valence-electron chi connectivity index (χ1n) is 5.24. The Labute approximate surface area is 90.5 Å². The third-order valence-corrected chi connectivity index (χ3v) is 3.08. The highest BCUT2D eigenvalue weighted by Gasteiger charge is 2.17. The first-order valence-corrected chi connectivity index (χ1v) is 6.39. The van der Waals surface area contributed by atoms with Gasteiger partial charge in [-0.15, -0.1) is 0 Å². The minimum Gasteiger partial charge on any atom is -0.238 e. The van der Waals surface area contributed by atoms with E-state index >= 15 is 0 Å². The average Bonchev–Trinajstić information content (AvgIpc) is 2.67. The van der Waals surface area contributed by atoms with Crippen molar-refractivity contribution in [1.82, 2.24) is 9.97 Å². The van der Waals surface area contributed by atoms with Gasteiger partial charge in [0.2, 0.25) is 0 Å². The summed E-state index contributed by atoms with van der Waals surface area (Å²) in [5.74, 6) is 3.11. The van der Waals surface area contributed by atoms with E-state index < -0.39 is 0 Å². The summed E-state index contributed by atoms with van der Waals surface area (Å²) in [6, 6.07) is 0. The van der Waals surface area contributed by atoms with Crippen molar-refractivity contribution in [3.8, 4) is 0 Å². The van der Waals surface area contributed by atoms with Crippen molar-refractivity contribution in [2.45, 2.75) is 45.6 Å². The molecule has 3 heteroatoms. The van der Waals surface area contributed by atoms with Gasteiger partial charge in [0.25, 0.3) is 0 Å². The van der Waals surface area contributed by atoms with Crippen molar-refractivity contribution < 1.29 is 0 Å². The smallest absolute Gasteiger partial charge is 0.125 e. The maximum Gasteiger partial charge on any atom is 0.125 e. The summed E-state index contributed by atoms with van der Waals surface area (Å²) in [5, 5.41) is 0. The predicted molar refractivity (Wildman–Crippen MR) is 62.5 cm³/mol. The molecule has 14 heavy (non-hydrogen) atoms. The van der Waals surface area contributed by atoms with Gasteiger partial charge >= 0.3 is 0 Å². The van der Waals surface area contributed by atoms with E-state index in [-0.39, 0.29) is 0 Å². The quantitative estimate of drug-likeness (QED) is 0.712. The molecule has 0 aliphatic carbocycles. The van der Waals surface area contributed by atoms with Crippen LogP contribution in [0.1, 0.15) is 43.5 Å². The molecule has 1 aliphatic heterocycles. The Hall–Kier alpha value is -0.570. The molecule has 0 saturated carbocycles. The van der Waals surface area contributed by atoms with Crippen molar-refractivity contribution in [2.24, 2.45) is 0 Å². The van der Waals surface area contributed by atoms with Crippen molar-refractivity contribution in [1.29, 1.82) is 0 Å². The Balaban J connectivity index is 0.000000461. The van der Waals surface area contributed by atoms with E-state index in [2.05, 4.69) is 16.9 Å². The van der Waals surface area contributed by atoms with Crippen LogP contribution in [0.2, 0.25) is 0 Å². The summed E-state index contributed by atoms with van der Waals surface area (Å²) in [5.41, 5.74) is 3.92. The zero-order valence-corrected chi connectivity index (χ0v) is 10.2. The molecule has 1 aliphatic rings. The number of rotatable bonds is 1. The second-order valence-corrected chi connectivity index (χ2v) is 3.97. The molecule has 0 atom stereocenters. The van der Waals surface area contributed by atoms with E-state index in [9.17, 15) is 0 Å². The molecule has 0 bridgehead atoms. The van der Waals surface area contributed by atoms with Crippen LogP contribution in [-0.4, -0.2) is 9.97 Å². The minimum absolute atomic E-state index is 0.924. The van der Waals surface area contributed by atoms with Crippen LogP contribution in [-0.2, 0) is 17.9 Å². The fraction of sp³-hybridized carbons (Fsp3) is 0.636. The second-order valence-electron chi connectivity index (χ2n) is 2.99. The lowest BCUT2D eigenvalue weighted by Gasteiger charge is -2.04. The molecule has 2 rings (SSSR count). The number of thioether (sulfide) groups is 1. The molecule has 78 valence electrons. The maximum absolute atomic E-state index is 4.44. The monoisotopic (exact) mass is 210 g/mol. The molecular formula is C11H18N2S. The lowest BCUT2D eigenvalue weighted by Crippen LogP contribution is -2.01. The van der Waals surface area contributed by atoms with Crippen molar-refractivity contribution in [3.05, 3.63) is 22.8 Å². The molecule has 0 N–H and O–H groups in total. The molecule has 1 aromatic heterocycles. The van der Waals surface area contributed by atoms with Crippen molar-refractivity contribution >= 4 is 11.8 Å². The summed E-state index contributed by atoms with van der Waals surface area (Å²) in [6.45, 7) is 8.13. The van der Waals surface area contributed by atoms with Crippen LogP contribution >= 0.6 is 11.8 Å². The zero-order valence-electron chi connectivity index (χ0n) is 9.42. The van der Waals surface area contributed by atoms with Gasteiger partial charge in [0.1, 0.15) is 5.82 Å². The van der Waals surface area contributed by atoms with Crippen LogP contribution in [0.4, 0.5) is 0 Å². The van der Waals surface area contributed by atoms with E-state index in [0.29, 0.717) is 0 Å². The summed E-state index contributed by atoms with van der Waals surface area (Å²) in [6.07, 6.45) is 1.03. The Morgan fingerprint density at radius 3 is 2.57 bits per heavy atom. The van der Waals surface area contributed by atoms with E-state index in [1.54, 1.807) is 0 Å². The molecular weight excluding hydrogens is 192 g/mol. The van der Waals surface area contributed by atoms with Gasteiger partial charge in [-0.25, -0.2) is 9.97 Å². The summed E-state index contributed by atoms with van der Waals surface area (Å²) in [4.78, 5) is 8.87. The largest absolute Gasteiger partial charge is 0.238 e. The van der Waals surface area contributed by atoms with Gasteiger partial charge < -0.3 is 0 Å². The number of fused-ring (bicyclic) bond motifs is 1. The van der Waals surface area contributed by atoms with Gasteiger partial charge in [-0.3, -0.25) is 0 Å². The lowest BCUT2D eigenvalue weighted by molar-refractivity contribution is 0.902. The number of hydrogen-bond donors (Lipinski definition) is 0. The Bertz CT molecular complexity index is 310. The third-order valence-electron chi connectivity index (χ3n) is 2.11. The molecule has 0 spiro atoms. The number of nitrogens with zero attached hydrogens (tertiary/aromatic N) is 2. The SMILES string of the molecule is CC.CCc1nc(C)nc2c1CSC2. The second kappa shape index (κ2) is 5.35. The molecule has 0 amide bonds. The van der Waals surface area contributed by atoms with Gasteiger partial charge in [-0.1, -0.05) is 20.8 Å². The summed E-state index contributed by atoms with van der Waals surface area (Å²) >= 11 is 1.94. The normalized spacial score (nSPS) is 13.1. The fourth-order valence-electron chi connectivity index (χ4n) is 1.55. The van der Waals surface area contributed by atoms with E-state index in [1.165, 1.54) is 17.0 Å². The summed E-state index contributed by atoms with van der Waals surface area (Å²) < 4.78 is 0. The van der Waals surface area contributed by atoms with Crippen LogP contribution in [0.15, 0.2) is 0 Å². The van der Waals surface area contributed by atoms with Crippen LogP contribution in [0.3, 0.4) is 0 Å². The van der Waals surface area contributed by atoms with E-state index in [1.807, 2.05) is 32.5 Å². The third kappa shape index (κ3) is 2.27. The average molecular weight is 210 g/mol. The van der Waals surface area contributed by atoms with E-state index in [4.69, 9.17) is 0 Å². The lowest BCUT2D eigenvalue weighted by atomic mass is 10.1. The predicted octanol–water partition coefficient (Wildman–Crippen LogP) is 3.12. The van der Waals surface area contributed by atoms with Gasteiger partial charge in [-0.05, 0) is 13.3 Å². The molecule has 2 heterocycles. The number of hydrogen-bond acceptors (Lipinski definition) is 3. The van der Waals surface area contributed by atoms with Gasteiger partial charge in [0.05, 0.1) is 5.69 Å². The molecule has 0 unspecified atom stereocenters. The van der Waals surface area contributed by atoms with Gasteiger partial charge in [0.15, 0.2) is 0 Å². The van der Waals surface area contributed by atoms with Crippen molar-refractivity contribution in [3.63, 3.8) is 0 Å². The van der Waals surface area contributed by atoms with Crippen LogP contribution in [0.25, 0.3) is 0 Å². The first-order chi connectivity index (χ1) is 6.81. The zero-order chi connectivity index (χ0) is 10.6. The number of aromatic nitrogens is 2.